The standard InChI is InChI=1S/C17H23BN2O4/c1-16(2)17(3,4)24-18(23-16)12-8-6-11(7-9-12)14-10-13(20-22-14)15(21)19-5/h6-10,15,19,21H,1-5H3. The number of aliphatic hydroxyl groups excluding tert-OH is 1. The van der Waals surface area contributed by atoms with E-state index >= 15 is 0 Å². The maximum absolute atomic E-state index is 9.71. The Balaban J connectivity index is 1.78. The molecule has 1 aliphatic heterocycles. The number of aromatic nitrogens is 1. The second kappa shape index (κ2) is 6.00. The Morgan fingerprint density at radius 1 is 1.08 bits per heavy atom. The van der Waals surface area contributed by atoms with Crippen LogP contribution in [0.5, 0.6) is 0 Å². The van der Waals surface area contributed by atoms with Gasteiger partial charge in [0.05, 0.1) is 11.2 Å². The number of nitrogens with zero attached hydrogens (tertiary/aromatic N) is 1. The van der Waals surface area contributed by atoms with Gasteiger partial charge in [-0.3, -0.25) is 5.32 Å². The van der Waals surface area contributed by atoms with Crippen molar-refractivity contribution in [2.75, 3.05) is 7.05 Å². The summed E-state index contributed by atoms with van der Waals surface area (Å²) < 4.78 is 17.4. The molecule has 2 aromatic rings. The van der Waals surface area contributed by atoms with E-state index < -0.39 is 6.23 Å². The van der Waals surface area contributed by atoms with Gasteiger partial charge in [0.2, 0.25) is 0 Å². The first-order valence-electron chi connectivity index (χ1n) is 8.01. The van der Waals surface area contributed by atoms with Crippen LogP contribution in [0.15, 0.2) is 34.9 Å². The van der Waals surface area contributed by atoms with E-state index in [1.807, 2.05) is 52.0 Å². The van der Waals surface area contributed by atoms with Gasteiger partial charge in [-0.1, -0.05) is 29.4 Å². The quantitative estimate of drug-likeness (QED) is 0.658. The van der Waals surface area contributed by atoms with E-state index in [1.165, 1.54) is 0 Å². The van der Waals surface area contributed by atoms with Crippen molar-refractivity contribution in [2.24, 2.45) is 0 Å². The molecule has 1 fully saturated rings. The van der Waals surface area contributed by atoms with E-state index in [0.717, 1.165) is 11.0 Å². The van der Waals surface area contributed by atoms with E-state index in [4.69, 9.17) is 13.8 Å². The number of nitrogens with one attached hydrogen (secondary N) is 1. The summed E-state index contributed by atoms with van der Waals surface area (Å²) in [5, 5.41) is 16.3. The van der Waals surface area contributed by atoms with Crippen LogP contribution in [-0.4, -0.2) is 35.6 Å². The Labute approximate surface area is 142 Å². The van der Waals surface area contributed by atoms with E-state index in [2.05, 4.69) is 10.5 Å². The lowest BCUT2D eigenvalue weighted by atomic mass is 9.79. The average molecular weight is 330 g/mol. The Hall–Kier alpha value is -1.67. The van der Waals surface area contributed by atoms with Crippen molar-refractivity contribution in [1.29, 1.82) is 0 Å². The molecule has 128 valence electrons. The minimum atomic E-state index is -0.841. The van der Waals surface area contributed by atoms with Gasteiger partial charge in [0.1, 0.15) is 5.69 Å². The molecule has 6 nitrogen and oxygen atoms in total. The molecule has 1 aromatic heterocycles. The highest BCUT2D eigenvalue weighted by molar-refractivity contribution is 6.62. The summed E-state index contributed by atoms with van der Waals surface area (Å²) >= 11 is 0. The molecule has 7 heteroatoms. The molecule has 0 aliphatic carbocycles. The van der Waals surface area contributed by atoms with Gasteiger partial charge in [0.25, 0.3) is 0 Å². The fourth-order valence-electron chi connectivity index (χ4n) is 2.49. The zero-order valence-electron chi connectivity index (χ0n) is 14.7. The Morgan fingerprint density at radius 2 is 1.67 bits per heavy atom. The van der Waals surface area contributed by atoms with Gasteiger partial charge >= 0.3 is 7.12 Å². The molecule has 1 saturated heterocycles. The van der Waals surface area contributed by atoms with E-state index in [0.29, 0.717) is 11.5 Å². The van der Waals surface area contributed by atoms with Crippen LogP contribution >= 0.6 is 0 Å². The number of hydrogen-bond donors (Lipinski definition) is 2. The van der Waals surface area contributed by atoms with Crippen molar-refractivity contribution in [3.05, 3.63) is 36.0 Å². The second-order valence-corrected chi connectivity index (χ2v) is 7.02. The van der Waals surface area contributed by atoms with Crippen LogP contribution < -0.4 is 10.8 Å². The number of benzene rings is 1. The monoisotopic (exact) mass is 330 g/mol. The predicted molar refractivity (Wildman–Crippen MR) is 91.7 cm³/mol. The van der Waals surface area contributed by atoms with Crippen LogP contribution in [0.3, 0.4) is 0 Å². The predicted octanol–water partition coefficient (Wildman–Crippen LogP) is 1.85. The molecule has 1 unspecified atom stereocenters. The van der Waals surface area contributed by atoms with Crippen LogP contribution in [0, 0.1) is 0 Å². The van der Waals surface area contributed by atoms with Crippen LogP contribution in [-0.2, 0) is 9.31 Å². The summed E-state index contributed by atoms with van der Waals surface area (Å²) in [6.07, 6.45) is -0.841. The minimum Gasteiger partial charge on any atom is -0.399 e. The second-order valence-electron chi connectivity index (χ2n) is 7.02. The van der Waals surface area contributed by atoms with Gasteiger partial charge in [-0.15, -0.1) is 0 Å². The van der Waals surface area contributed by atoms with Crippen LogP contribution in [0.1, 0.15) is 39.6 Å². The van der Waals surface area contributed by atoms with E-state index in [1.54, 1.807) is 13.1 Å². The summed E-state index contributed by atoms with van der Waals surface area (Å²) in [7, 11) is 1.26. The molecule has 2 heterocycles. The third-order valence-corrected chi connectivity index (χ3v) is 4.80. The summed E-state index contributed by atoms with van der Waals surface area (Å²) in [4.78, 5) is 0. The Kier molecular flexibility index (Phi) is 4.29. The zero-order chi connectivity index (χ0) is 17.5. The SMILES string of the molecule is CNC(O)c1cc(-c2ccc(B3OC(C)(C)C(C)(C)O3)cc2)on1. The van der Waals surface area contributed by atoms with Gasteiger partial charge in [0, 0.05) is 11.6 Å². The highest BCUT2D eigenvalue weighted by Crippen LogP contribution is 2.36. The van der Waals surface area contributed by atoms with Crippen molar-refractivity contribution in [1.82, 2.24) is 10.5 Å². The van der Waals surface area contributed by atoms with Gasteiger partial charge in [-0.25, -0.2) is 0 Å². The Morgan fingerprint density at radius 3 is 2.21 bits per heavy atom. The zero-order valence-corrected chi connectivity index (χ0v) is 14.7. The molecule has 1 aromatic carbocycles. The molecule has 24 heavy (non-hydrogen) atoms. The smallest absolute Gasteiger partial charge is 0.399 e. The lowest BCUT2D eigenvalue weighted by Crippen LogP contribution is -2.41. The van der Waals surface area contributed by atoms with Gasteiger partial charge in [-0.05, 0) is 40.2 Å². The molecule has 0 bridgehead atoms. The highest BCUT2D eigenvalue weighted by atomic mass is 16.7. The van der Waals surface area contributed by atoms with Crippen molar-refractivity contribution in [2.45, 2.75) is 45.1 Å². The first-order chi connectivity index (χ1) is 11.2. The van der Waals surface area contributed by atoms with Gasteiger partial charge in [-0.2, -0.15) is 0 Å². The van der Waals surface area contributed by atoms with Crippen LogP contribution in [0.4, 0.5) is 0 Å². The summed E-state index contributed by atoms with van der Waals surface area (Å²) in [5.74, 6) is 0.597. The van der Waals surface area contributed by atoms with Crippen molar-refractivity contribution >= 4 is 12.6 Å². The van der Waals surface area contributed by atoms with E-state index in [-0.39, 0.29) is 18.3 Å². The third-order valence-electron chi connectivity index (χ3n) is 4.80. The van der Waals surface area contributed by atoms with Crippen LogP contribution in [0.25, 0.3) is 11.3 Å². The topological polar surface area (TPSA) is 76.8 Å². The van der Waals surface area contributed by atoms with Crippen molar-refractivity contribution < 1.29 is 18.9 Å². The van der Waals surface area contributed by atoms with Crippen molar-refractivity contribution in [3.8, 4) is 11.3 Å². The minimum absolute atomic E-state index is 0.362. The first kappa shape index (κ1) is 17.2. The summed E-state index contributed by atoms with van der Waals surface area (Å²) in [5.41, 5.74) is 1.55. The lowest BCUT2D eigenvalue weighted by Gasteiger charge is -2.32. The molecule has 0 amide bonds. The molecule has 0 radical (unpaired) electrons. The van der Waals surface area contributed by atoms with Crippen molar-refractivity contribution in [3.63, 3.8) is 0 Å². The molecule has 0 spiro atoms. The average Bonchev–Trinajstić information content (AvgIpc) is 3.10. The molecule has 0 saturated carbocycles. The maximum Gasteiger partial charge on any atom is 0.494 e. The maximum atomic E-state index is 9.71. The van der Waals surface area contributed by atoms with Gasteiger partial charge in [0.15, 0.2) is 12.0 Å². The number of hydrogen-bond acceptors (Lipinski definition) is 6. The molecule has 2 N–H and O–H groups in total. The molecular formula is C17H23BN2O4. The molecule has 1 atom stereocenters. The third kappa shape index (κ3) is 3.00. The van der Waals surface area contributed by atoms with Gasteiger partial charge < -0.3 is 18.9 Å². The highest BCUT2D eigenvalue weighted by Gasteiger charge is 2.51. The summed E-state index contributed by atoms with van der Waals surface area (Å²) in [6, 6.07) is 9.47. The summed E-state index contributed by atoms with van der Waals surface area (Å²) in [6.45, 7) is 8.13. The normalized spacial score (nSPS) is 20.3. The molecule has 3 rings (SSSR count). The molecular weight excluding hydrogens is 307 g/mol. The largest absolute Gasteiger partial charge is 0.494 e. The number of aliphatic hydroxyl groups is 1. The lowest BCUT2D eigenvalue weighted by molar-refractivity contribution is 0.00578. The fraction of sp³-hybridized carbons (Fsp3) is 0.471. The van der Waals surface area contributed by atoms with Crippen LogP contribution in [0.2, 0.25) is 0 Å². The molecule has 1 aliphatic rings. The fourth-order valence-corrected chi connectivity index (χ4v) is 2.49. The first-order valence-corrected chi connectivity index (χ1v) is 8.01. The Bertz CT molecular complexity index is 696. The number of rotatable bonds is 4. The van der Waals surface area contributed by atoms with E-state index in [9.17, 15) is 5.11 Å².